The fraction of sp³-hybridized carbons (Fsp3) is 0.467. The van der Waals surface area contributed by atoms with Crippen LogP contribution < -0.4 is 10.6 Å². The number of benzene rings is 1. The highest BCUT2D eigenvalue weighted by molar-refractivity contribution is 5.63. The Morgan fingerprint density at radius 1 is 1.05 bits per heavy atom. The normalized spacial score (nSPS) is 21.2. The van der Waals surface area contributed by atoms with Crippen LogP contribution in [-0.4, -0.2) is 49.4 Å². The summed E-state index contributed by atoms with van der Waals surface area (Å²) in [6.07, 6.45) is 6.57. The lowest BCUT2D eigenvalue weighted by Crippen LogP contribution is -2.46. The zero-order chi connectivity index (χ0) is 27.6. The highest BCUT2D eigenvalue weighted by Crippen LogP contribution is 2.39. The number of halogens is 3. The van der Waals surface area contributed by atoms with Gasteiger partial charge in [-0.1, -0.05) is 6.92 Å². The maximum atomic E-state index is 15.4. The number of nitrogens with zero attached hydrogens (tertiary/aromatic N) is 3. The van der Waals surface area contributed by atoms with Crippen LogP contribution in [-0.2, 0) is 27.9 Å². The molecule has 0 aliphatic carbocycles. The van der Waals surface area contributed by atoms with E-state index in [2.05, 4.69) is 21.8 Å². The largest absolute Gasteiger partial charge is 0.381 e. The molecule has 39 heavy (non-hydrogen) atoms. The Morgan fingerprint density at radius 3 is 2.49 bits per heavy atom. The fourth-order valence-electron chi connectivity index (χ4n) is 5.95. The summed E-state index contributed by atoms with van der Waals surface area (Å²) in [6.45, 7) is 4.74. The van der Waals surface area contributed by atoms with Gasteiger partial charge >= 0.3 is 0 Å². The van der Waals surface area contributed by atoms with Crippen LogP contribution in [0.2, 0.25) is 0 Å². The van der Waals surface area contributed by atoms with Crippen molar-refractivity contribution >= 4 is 5.69 Å². The van der Waals surface area contributed by atoms with E-state index in [1.165, 1.54) is 25.3 Å². The average molecular weight is 541 g/mol. The molecule has 0 spiro atoms. The zero-order valence-corrected chi connectivity index (χ0v) is 22.4. The lowest BCUT2D eigenvalue weighted by molar-refractivity contribution is -0.0950. The molecule has 2 aliphatic rings. The van der Waals surface area contributed by atoms with E-state index in [1.54, 1.807) is 12.3 Å². The molecule has 0 unspecified atom stereocenters. The van der Waals surface area contributed by atoms with E-state index in [-0.39, 0.29) is 11.7 Å². The number of hydrogen-bond donors (Lipinski definition) is 1. The molecule has 6 nitrogen and oxygen atoms in total. The molecule has 2 saturated heterocycles. The monoisotopic (exact) mass is 540 g/mol. The van der Waals surface area contributed by atoms with E-state index < -0.39 is 28.6 Å². The number of rotatable bonds is 7. The minimum Gasteiger partial charge on any atom is -0.381 e. The second-order valence-electron chi connectivity index (χ2n) is 10.8. The van der Waals surface area contributed by atoms with Crippen molar-refractivity contribution in [3.63, 3.8) is 0 Å². The Labute approximate surface area is 227 Å². The fourth-order valence-corrected chi connectivity index (χ4v) is 5.95. The lowest BCUT2D eigenvalue weighted by atomic mass is 9.85. The maximum absolute atomic E-state index is 15.4. The van der Waals surface area contributed by atoms with Gasteiger partial charge in [-0.05, 0) is 66.6 Å². The lowest BCUT2D eigenvalue weighted by Gasteiger charge is -2.37. The second kappa shape index (κ2) is 11.6. The van der Waals surface area contributed by atoms with Crippen LogP contribution in [0.1, 0.15) is 43.0 Å². The number of pyridine rings is 2. The van der Waals surface area contributed by atoms with E-state index in [1.807, 2.05) is 12.3 Å². The van der Waals surface area contributed by atoms with Gasteiger partial charge in [0.25, 0.3) is 0 Å². The number of anilines is 1. The molecule has 2 aromatic heterocycles. The van der Waals surface area contributed by atoms with Crippen LogP contribution in [0.25, 0.3) is 11.3 Å². The van der Waals surface area contributed by atoms with Crippen molar-refractivity contribution in [3.8, 4) is 11.3 Å². The second-order valence-corrected chi connectivity index (χ2v) is 10.8. The average Bonchev–Trinajstić information content (AvgIpc) is 2.93. The van der Waals surface area contributed by atoms with Gasteiger partial charge in [-0.2, -0.15) is 0 Å². The molecule has 0 saturated carbocycles. The molecule has 2 atom stereocenters. The van der Waals surface area contributed by atoms with Crippen LogP contribution in [0, 0.1) is 23.4 Å². The summed E-state index contributed by atoms with van der Waals surface area (Å²) < 4.78 is 56.7. The summed E-state index contributed by atoms with van der Waals surface area (Å²) in [7, 11) is 1.52. The van der Waals surface area contributed by atoms with Crippen LogP contribution in [0.15, 0.2) is 42.7 Å². The number of piperidine rings is 1. The third-order valence-corrected chi connectivity index (χ3v) is 7.96. The van der Waals surface area contributed by atoms with Crippen molar-refractivity contribution in [2.75, 3.05) is 38.3 Å². The number of nitrogens with two attached hydrogens (primary N) is 1. The minimum absolute atomic E-state index is 0.109. The van der Waals surface area contributed by atoms with Gasteiger partial charge in [0, 0.05) is 76.1 Å². The third-order valence-electron chi connectivity index (χ3n) is 7.96. The first-order valence-corrected chi connectivity index (χ1v) is 13.5. The van der Waals surface area contributed by atoms with Crippen molar-refractivity contribution in [1.29, 1.82) is 0 Å². The van der Waals surface area contributed by atoms with E-state index in [9.17, 15) is 4.39 Å². The summed E-state index contributed by atoms with van der Waals surface area (Å²) in [5, 5.41) is 0. The molecule has 9 heteroatoms. The summed E-state index contributed by atoms with van der Waals surface area (Å²) in [5.41, 5.74) is 7.61. The predicted molar refractivity (Wildman–Crippen MR) is 144 cm³/mol. The van der Waals surface area contributed by atoms with Gasteiger partial charge in [-0.25, -0.2) is 18.2 Å². The number of hydrogen-bond acceptors (Lipinski definition) is 6. The maximum Gasteiger partial charge on any atom is 0.149 e. The van der Waals surface area contributed by atoms with Gasteiger partial charge in [0.15, 0.2) is 0 Å². The smallest absolute Gasteiger partial charge is 0.149 e. The molecule has 1 aromatic carbocycles. The van der Waals surface area contributed by atoms with Crippen molar-refractivity contribution in [2.45, 2.75) is 50.7 Å². The molecule has 4 heterocycles. The number of aromatic nitrogens is 2. The van der Waals surface area contributed by atoms with Crippen molar-refractivity contribution in [2.24, 2.45) is 11.7 Å². The first-order valence-electron chi connectivity index (χ1n) is 13.5. The third kappa shape index (κ3) is 5.81. The van der Waals surface area contributed by atoms with E-state index in [4.69, 9.17) is 15.2 Å². The standard InChI is InChI=1S/C30H35F3N4O2/c1-19-13-22(34)18-37(17-19)27-7-10-35-16-20(27)3-4-23-5-6-24(31)29(36-23)28-25(32)14-21(15-26(28)33)30(38-2)8-11-39-12-9-30/h5-7,10,14-16,19,22H,3-4,8-9,11-13,17-18,34H2,1-2H3/t19-,22+/m1/s1. The van der Waals surface area contributed by atoms with Crippen LogP contribution >= 0.6 is 0 Å². The molecular weight excluding hydrogens is 505 g/mol. The summed E-state index contributed by atoms with van der Waals surface area (Å²) in [5.74, 6) is -2.05. The topological polar surface area (TPSA) is 73.5 Å². The highest BCUT2D eigenvalue weighted by Gasteiger charge is 2.36. The summed E-state index contributed by atoms with van der Waals surface area (Å²) in [4.78, 5) is 11.0. The van der Waals surface area contributed by atoms with Gasteiger partial charge in [0.2, 0.25) is 0 Å². The highest BCUT2D eigenvalue weighted by atomic mass is 19.1. The minimum atomic E-state index is -0.874. The molecule has 3 aromatic rings. The van der Waals surface area contributed by atoms with Crippen molar-refractivity contribution in [3.05, 3.63) is 77.0 Å². The number of methoxy groups -OCH3 is 1. The van der Waals surface area contributed by atoms with Crippen molar-refractivity contribution < 1.29 is 22.6 Å². The van der Waals surface area contributed by atoms with Gasteiger partial charge in [0.05, 0.1) is 11.2 Å². The number of ether oxygens (including phenoxy) is 2. The Morgan fingerprint density at radius 2 is 1.79 bits per heavy atom. The first kappa shape index (κ1) is 27.6. The number of aryl methyl sites for hydroxylation is 2. The first-order chi connectivity index (χ1) is 18.8. The van der Waals surface area contributed by atoms with Crippen molar-refractivity contribution in [1.82, 2.24) is 9.97 Å². The molecule has 5 rings (SSSR count). The molecule has 208 valence electrons. The predicted octanol–water partition coefficient (Wildman–Crippen LogP) is 5.17. The molecule has 2 N–H and O–H groups in total. The van der Waals surface area contributed by atoms with Gasteiger partial charge in [0.1, 0.15) is 23.1 Å². The van der Waals surface area contributed by atoms with E-state index in [0.29, 0.717) is 56.1 Å². The Kier molecular flexibility index (Phi) is 8.21. The molecular formula is C30H35F3N4O2. The Bertz CT molecular complexity index is 1280. The van der Waals surface area contributed by atoms with Crippen LogP contribution in [0.4, 0.5) is 18.9 Å². The summed E-state index contributed by atoms with van der Waals surface area (Å²) in [6, 6.07) is 7.33. The molecule has 0 radical (unpaired) electrons. The van der Waals surface area contributed by atoms with Crippen LogP contribution in [0.3, 0.4) is 0 Å². The van der Waals surface area contributed by atoms with Gasteiger partial charge in [-0.3, -0.25) is 4.98 Å². The van der Waals surface area contributed by atoms with E-state index >= 15 is 8.78 Å². The Balaban J connectivity index is 1.39. The quantitative estimate of drug-likeness (QED) is 0.446. The molecule has 2 fully saturated rings. The molecule has 0 bridgehead atoms. The van der Waals surface area contributed by atoms with Gasteiger partial charge < -0.3 is 20.1 Å². The molecule has 0 amide bonds. The van der Waals surface area contributed by atoms with E-state index in [0.717, 1.165) is 30.8 Å². The SMILES string of the molecule is COC1(c2cc(F)c(-c3nc(CCc4cnccc4N4C[C@H](C)C[C@H](N)C4)ccc3F)c(F)c2)CCOCC1. The zero-order valence-electron chi connectivity index (χ0n) is 22.4. The van der Waals surface area contributed by atoms with Crippen LogP contribution in [0.5, 0.6) is 0 Å². The Hall–Kier alpha value is -3.01. The summed E-state index contributed by atoms with van der Waals surface area (Å²) >= 11 is 0. The molecule has 2 aliphatic heterocycles. The van der Waals surface area contributed by atoms with Gasteiger partial charge in [-0.15, -0.1) is 0 Å².